The highest BCUT2D eigenvalue weighted by Gasteiger charge is 2.26. The van der Waals surface area contributed by atoms with Gasteiger partial charge in [0.05, 0.1) is 18.6 Å². The Hall–Kier alpha value is -1.88. The summed E-state index contributed by atoms with van der Waals surface area (Å²) in [5.74, 6) is -0.0666. The van der Waals surface area contributed by atoms with Crippen LogP contribution < -0.4 is 10.6 Å². The van der Waals surface area contributed by atoms with E-state index < -0.39 is 0 Å². The molecule has 2 amide bonds. The number of nitrogens with one attached hydrogen (secondary N) is 2. The number of carbonyl (C=O) groups excluding carboxylic acids is 2. The van der Waals surface area contributed by atoms with E-state index in [9.17, 15) is 9.59 Å². The van der Waals surface area contributed by atoms with Crippen molar-refractivity contribution in [1.82, 2.24) is 15.5 Å². The average Bonchev–Trinajstić information content (AvgIpc) is 2.47. The summed E-state index contributed by atoms with van der Waals surface area (Å²) < 4.78 is 0. The van der Waals surface area contributed by atoms with Crippen molar-refractivity contribution >= 4 is 11.8 Å². The fraction of sp³-hybridized carbons (Fsp3) is 0.467. The monoisotopic (exact) mass is 275 g/mol. The number of amides is 2. The van der Waals surface area contributed by atoms with Crippen LogP contribution in [0.25, 0.3) is 0 Å². The van der Waals surface area contributed by atoms with Crippen LogP contribution in [0, 0.1) is 0 Å². The first-order chi connectivity index (χ1) is 9.58. The third-order valence-corrected chi connectivity index (χ3v) is 3.65. The largest absolute Gasteiger partial charge is 0.354 e. The Morgan fingerprint density at radius 1 is 1.30 bits per heavy atom. The van der Waals surface area contributed by atoms with Crippen molar-refractivity contribution in [3.63, 3.8) is 0 Å². The average molecular weight is 275 g/mol. The fourth-order valence-electron chi connectivity index (χ4n) is 2.31. The summed E-state index contributed by atoms with van der Waals surface area (Å²) in [7, 11) is 0. The maximum Gasteiger partial charge on any atom is 0.237 e. The van der Waals surface area contributed by atoms with Gasteiger partial charge in [-0.2, -0.15) is 0 Å². The number of nitrogens with zero attached hydrogens (tertiary/aromatic N) is 1. The summed E-state index contributed by atoms with van der Waals surface area (Å²) in [6.07, 6.45) is 0. The number of benzene rings is 1. The van der Waals surface area contributed by atoms with Gasteiger partial charge in [-0.1, -0.05) is 30.3 Å². The molecule has 2 rings (SSSR count). The minimum absolute atomic E-state index is 0.0213. The lowest BCUT2D eigenvalue weighted by atomic mass is 10.1. The predicted molar refractivity (Wildman–Crippen MR) is 77.0 cm³/mol. The Morgan fingerprint density at radius 2 is 2.00 bits per heavy atom. The minimum atomic E-state index is -0.299. The van der Waals surface area contributed by atoms with Gasteiger partial charge in [0.2, 0.25) is 11.8 Å². The zero-order valence-corrected chi connectivity index (χ0v) is 11.9. The summed E-state index contributed by atoms with van der Waals surface area (Å²) in [5, 5.41) is 5.76. The van der Waals surface area contributed by atoms with E-state index in [1.807, 2.05) is 49.1 Å². The Balaban J connectivity index is 1.92. The van der Waals surface area contributed by atoms with E-state index in [1.54, 1.807) is 0 Å². The van der Waals surface area contributed by atoms with Gasteiger partial charge in [-0.05, 0) is 19.4 Å². The lowest BCUT2D eigenvalue weighted by Gasteiger charge is -2.31. The summed E-state index contributed by atoms with van der Waals surface area (Å²) in [6.45, 7) is 5.40. The third kappa shape index (κ3) is 3.57. The van der Waals surface area contributed by atoms with E-state index in [-0.39, 0.29) is 30.4 Å². The minimum Gasteiger partial charge on any atom is -0.354 e. The van der Waals surface area contributed by atoms with Crippen molar-refractivity contribution in [1.29, 1.82) is 0 Å². The van der Waals surface area contributed by atoms with Crippen molar-refractivity contribution in [3.05, 3.63) is 35.9 Å². The van der Waals surface area contributed by atoms with E-state index in [0.717, 1.165) is 5.56 Å². The van der Waals surface area contributed by atoms with Crippen LogP contribution in [0.1, 0.15) is 25.5 Å². The quantitative estimate of drug-likeness (QED) is 0.849. The van der Waals surface area contributed by atoms with Crippen molar-refractivity contribution in [2.24, 2.45) is 0 Å². The van der Waals surface area contributed by atoms with Gasteiger partial charge in [-0.15, -0.1) is 0 Å². The maximum atomic E-state index is 12.2. The van der Waals surface area contributed by atoms with E-state index in [2.05, 4.69) is 10.6 Å². The van der Waals surface area contributed by atoms with Crippen LogP contribution in [0.5, 0.6) is 0 Å². The first-order valence-corrected chi connectivity index (χ1v) is 6.94. The Kier molecular flexibility index (Phi) is 4.74. The fourth-order valence-corrected chi connectivity index (χ4v) is 2.31. The van der Waals surface area contributed by atoms with Crippen LogP contribution in [-0.2, 0) is 9.59 Å². The molecular weight excluding hydrogens is 254 g/mol. The lowest BCUT2D eigenvalue weighted by molar-refractivity contribution is -0.130. The molecular formula is C15H21N3O2. The van der Waals surface area contributed by atoms with Gasteiger partial charge in [-0.3, -0.25) is 14.5 Å². The molecule has 1 aliphatic rings. The summed E-state index contributed by atoms with van der Waals surface area (Å²) in [6, 6.07) is 9.50. The van der Waals surface area contributed by atoms with Crippen LogP contribution >= 0.6 is 0 Å². The topological polar surface area (TPSA) is 61.4 Å². The molecule has 1 fully saturated rings. The summed E-state index contributed by atoms with van der Waals surface area (Å²) in [5.41, 5.74) is 1.07. The van der Waals surface area contributed by atoms with Crippen molar-refractivity contribution in [2.75, 3.05) is 19.6 Å². The van der Waals surface area contributed by atoms with Crippen molar-refractivity contribution in [2.45, 2.75) is 25.9 Å². The first-order valence-electron chi connectivity index (χ1n) is 6.94. The lowest BCUT2D eigenvalue weighted by Crippen LogP contribution is -2.55. The van der Waals surface area contributed by atoms with Gasteiger partial charge in [0.1, 0.15) is 0 Å². The molecule has 0 bridgehead atoms. The second kappa shape index (κ2) is 6.52. The smallest absolute Gasteiger partial charge is 0.237 e. The molecule has 1 aromatic carbocycles. The molecule has 1 aromatic rings. The predicted octanol–water partition coefficient (Wildman–Crippen LogP) is 0.684. The van der Waals surface area contributed by atoms with Crippen LogP contribution in [-0.4, -0.2) is 42.4 Å². The molecule has 5 heteroatoms. The molecule has 0 aliphatic carbocycles. The molecule has 2 N–H and O–H groups in total. The Bertz CT molecular complexity index is 475. The van der Waals surface area contributed by atoms with Crippen molar-refractivity contribution in [3.8, 4) is 0 Å². The van der Waals surface area contributed by atoms with Gasteiger partial charge in [0, 0.05) is 13.1 Å². The number of hydrogen-bond donors (Lipinski definition) is 2. The molecule has 1 aliphatic heterocycles. The first kappa shape index (κ1) is 14.5. The van der Waals surface area contributed by atoms with Gasteiger partial charge in [0.25, 0.3) is 0 Å². The molecule has 2 unspecified atom stereocenters. The molecule has 20 heavy (non-hydrogen) atoms. The number of hydrogen-bond acceptors (Lipinski definition) is 3. The molecule has 5 nitrogen and oxygen atoms in total. The van der Waals surface area contributed by atoms with Gasteiger partial charge in [-0.25, -0.2) is 0 Å². The SMILES string of the molecule is CC(NC(=O)C(C)N1CCNC(=O)C1)c1ccccc1. The molecule has 1 heterocycles. The van der Waals surface area contributed by atoms with Gasteiger partial charge < -0.3 is 10.6 Å². The number of carbonyl (C=O) groups is 2. The van der Waals surface area contributed by atoms with Gasteiger partial charge in [0.15, 0.2) is 0 Å². The van der Waals surface area contributed by atoms with Crippen LogP contribution in [0.3, 0.4) is 0 Å². The van der Waals surface area contributed by atoms with Gasteiger partial charge >= 0.3 is 0 Å². The van der Waals surface area contributed by atoms with E-state index in [4.69, 9.17) is 0 Å². The van der Waals surface area contributed by atoms with Crippen LogP contribution in [0.4, 0.5) is 0 Å². The van der Waals surface area contributed by atoms with Crippen molar-refractivity contribution < 1.29 is 9.59 Å². The molecule has 0 radical (unpaired) electrons. The Morgan fingerprint density at radius 3 is 2.65 bits per heavy atom. The molecule has 1 saturated heterocycles. The molecule has 0 aromatic heterocycles. The molecule has 0 saturated carbocycles. The third-order valence-electron chi connectivity index (χ3n) is 3.65. The second-order valence-electron chi connectivity index (χ2n) is 5.14. The Labute approximate surface area is 119 Å². The summed E-state index contributed by atoms with van der Waals surface area (Å²) in [4.78, 5) is 25.5. The van der Waals surface area contributed by atoms with E-state index >= 15 is 0 Å². The van der Waals surface area contributed by atoms with E-state index in [1.165, 1.54) is 0 Å². The zero-order chi connectivity index (χ0) is 14.5. The second-order valence-corrected chi connectivity index (χ2v) is 5.14. The summed E-state index contributed by atoms with van der Waals surface area (Å²) >= 11 is 0. The maximum absolute atomic E-state index is 12.2. The molecule has 2 atom stereocenters. The number of rotatable bonds is 4. The van der Waals surface area contributed by atoms with Crippen LogP contribution in [0.15, 0.2) is 30.3 Å². The number of piperazine rings is 1. The highest BCUT2D eigenvalue weighted by Crippen LogP contribution is 2.12. The highest BCUT2D eigenvalue weighted by molar-refractivity contribution is 5.84. The standard InChI is InChI=1S/C15H21N3O2/c1-11(13-6-4-3-5-7-13)17-15(20)12(2)18-9-8-16-14(19)10-18/h3-7,11-12H,8-10H2,1-2H3,(H,16,19)(H,17,20). The molecule has 0 spiro atoms. The van der Waals surface area contributed by atoms with Crippen LogP contribution in [0.2, 0.25) is 0 Å². The molecule has 108 valence electrons. The van der Waals surface area contributed by atoms with E-state index in [0.29, 0.717) is 13.1 Å². The normalized spacial score (nSPS) is 19.0. The highest BCUT2D eigenvalue weighted by atomic mass is 16.2. The zero-order valence-electron chi connectivity index (χ0n) is 11.9.